The van der Waals surface area contributed by atoms with Crippen LogP contribution in [0.25, 0.3) is 0 Å². The van der Waals surface area contributed by atoms with E-state index < -0.39 is 0 Å². The van der Waals surface area contributed by atoms with Gasteiger partial charge in [-0.15, -0.1) is 0 Å². The molecule has 1 amide bonds. The van der Waals surface area contributed by atoms with Crippen molar-refractivity contribution in [3.63, 3.8) is 0 Å². The third-order valence-electron chi connectivity index (χ3n) is 4.45. The normalized spacial score (nSPS) is 10.1. The molecule has 2 N–H and O–H groups in total. The van der Waals surface area contributed by atoms with Gasteiger partial charge in [-0.1, -0.05) is 0 Å². The van der Waals surface area contributed by atoms with Crippen LogP contribution in [0.2, 0.25) is 0 Å². The molecular weight excluding hydrogens is 384 g/mol. The highest BCUT2D eigenvalue weighted by Gasteiger charge is 2.17. The van der Waals surface area contributed by atoms with Gasteiger partial charge in [-0.3, -0.25) is 4.79 Å². The fourth-order valence-electron chi connectivity index (χ4n) is 2.89. The smallest absolute Gasteiger partial charge is 0.255 e. The van der Waals surface area contributed by atoms with Crippen molar-refractivity contribution in [1.29, 1.82) is 0 Å². The number of nitrogens with one attached hydrogen (secondary N) is 2. The zero-order valence-electron chi connectivity index (χ0n) is 17.3. The predicted molar refractivity (Wildman–Crippen MR) is 117 cm³/mol. The van der Waals surface area contributed by atoms with Gasteiger partial charge >= 0.3 is 0 Å². The quantitative estimate of drug-likeness (QED) is 0.562. The maximum atomic E-state index is 12.7. The Morgan fingerprint density at radius 1 is 0.667 bits per heavy atom. The lowest BCUT2D eigenvalue weighted by molar-refractivity contribution is 0.102. The minimum absolute atomic E-state index is 0.287. The van der Waals surface area contributed by atoms with Gasteiger partial charge in [0.15, 0.2) is 11.5 Å². The summed E-state index contributed by atoms with van der Waals surface area (Å²) < 4.78 is 21.1. The van der Waals surface area contributed by atoms with Crippen LogP contribution in [-0.2, 0) is 0 Å². The molecule has 0 fully saturated rings. The van der Waals surface area contributed by atoms with Gasteiger partial charge in [0, 0.05) is 22.6 Å². The first kappa shape index (κ1) is 20.9. The third kappa shape index (κ3) is 4.75. The molecule has 0 heterocycles. The molecule has 0 aliphatic heterocycles. The summed E-state index contributed by atoms with van der Waals surface area (Å²) >= 11 is 0. The molecule has 7 nitrogen and oxygen atoms in total. The van der Waals surface area contributed by atoms with Gasteiger partial charge in [0.05, 0.1) is 28.4 Å². The number of amides is 1. The van der Waals surface area contributed by atoms with E-state index in [0.717, 1.165) is 17.1 Å². The Bertz CT molecular complexity index is 976. The number of rotatable bonds is 8. The summed E-state index contributed by atoms with van der Waals surface area (Å²) in [6.45, 7) is 0. The molecule has 0 unspecified atom stereocenters. The van der Waals surface area contributed by atoms with Gasteiger partial charge in [0.1, 0.15) is 5.75 Å². The van der Waals surface area contributed by atoms with Crippen LogP contribution in [-0.4, -0.2) is 34.3 Å². The van der Waals surface area contributed by atoms with Gasteiger partial charge in [-0.2, -0.15) is 0 Å². The summed E-state index contributed by atoms with van der Waals surface area (Å²) in [6, 6.07) is 18.3. The average molecular weight is 408 g/mol. The minimum Gasteiger partial charge on any atom is -0.497 e. The zero-order valence-corrected chi connectivity index (χ0v) is 17.3. The Balaban J connectivity index is 1.71. The molecule has 30 heavy (non-hydrogen) atoms. The maximum Gasteiger partial charge on any atom is 0.255 e. The molecule has 0 saturated carbocycles. The molecule has 3 aromatic carbocycles. The largest absolute Gasteiger partial charge is 0.497 e. The van der Waals surface area contributed by atoms with Crippen LogP contribution in [0.15, 0.2) is 60.7 Å². The van der Waals surface area contributed by atoms with Crippen LogP contribution in [0.3, 0.4) is 0 Å². The number of hydrogen-bond donors (Lipinski definition) is 2. The van der Waals surface area contributed by atoms with Crippen LogP contribution in [0, 0.1) is 0 Å². The first-order valence-corrected chi connectivity index (χ1v) is 9.20. The van der Waals surface area contributed by atoms with Crippen molar-refractivity contribution in [3.05, 3.63) is 66.2 Å². The van der Waals surface area contributed by atoms with Crippen LogP contribution in [0.1, 0.15) is 10.4 Å². The van der Waals surface area contributed by atoms with Crippen molar-refractivity contribution < 1.29 is 23.7 Å². The minimum atomic E-state index is -0.287. The second-order valence-corrected chi connectivity index (χ2v) is 6.30. The number of hydrogen-bond acceptors (Lipinski definition) is 6. The highest BCUT2D eigenvalue weighted by atomic mass is 16.5. The van der Waals surface area contributed by atoms with Crippen molar-refractivity contribution in [2.45, 2.75) is 0 Å². The Kier molecular flexibility index (Phi) is 6.64. The Morgan fingerprint density at radius 2 is 1.17 bits per heavy atom. The zero-order chi connectivity index (χ0) is 21.5. The molecule has 0 aromatic heterocycles. The second kappa shape index (κ2) is 9.56. The molecule has 7 heteroatoms. The van der Waals surface area contributed by atoms with E-state index in [2.05, 4.69) is 10.6 Å². The average Bonchev–Trinajstić information content (AvgIpc) is 2.79. The van der Waals surface area contributed by atoms with E-state index in [9.17, 15) is 4.79 Å². The van der Waals surface area contributed by atoms with Crippen molar-refractivity contribution in [1.82, 2.24) is 0 Å². The fraction of sp³-hybridized carbons (Fsp3) is 0.174. The van der Waals surface area contributed by atoms with Crippen molar-refractivity contribution in [3.8, 4) is 23.0 Å². The molecule has 3 aromatic rings. The highest BCUT2D eigenvalue weighted by molar-refractivity contribution is 6.05. The molecule has 0 spiro atoms. The number of carbonyl (C=O) groups excluding carboxylic acids is 1. The number of benzene rings is 3. The second-order valence-electron chi connectivity index (χ2n) is 6.30. The van der Waals surface area contributed by atoms with Gasteiger partial charge in [-0.05, 0) is 60.7 Å². The molecule has 0 saturated heterocycles. The Morgan fingerprint density at radius 3 is 1.63 bits per heavy atom. The summed E-state index contributed by atoms with van der Waals surface area (Å²) in [5, 5.41) is 6.16. The van der Waals surface area contributed by atoms with E-state index in [1.807, 2.05) is 48.5 Å². The van der Waals surface area contributed by atoms with Crippen LogP contribution < -0.4 is 29.6 Å². The Labute approximate surface area is 175 Å². The number of ether oxygens (including phenoxy) is 4. The number of anilines is 3. The van der Waals surface area contributed by atoms with Crippen LogP contribution >= 0.6 is 0 Å². The molecule has 0 bridgehead atoms. The van der Waals surface area contributed by atoms with E-state index in [1.54, 1.807) is 19.2 Å². The van der Waals surface area contributed by atoms with Crippen molar-refractivity contribution in [2.24, 2.45) is 0 Å². The molecule has 3 rings (SSSR count). The van der Waals surface area contributed by atoms with Gasteiger partial charge in [-0.25, -0.2) is 0 Å². The van der Waals surface area contributed by atoms with Crippen molar-refractivity contribution >= 4 is 23.0 Å². The van der Waals surface area contributed by atoms with Gasteiger partial charge in [0.25, 0.3) is 5.91 Å². The van der Waals surface area contributed by atoms with Gasteiger partial charge < -0.3 is 29.6 Å². The standard InChI is InChI=1S/C23H24N2O5/c1-27-19-11-9-17(10-12-19)24-16-5-7-18(8-6-16)25-23(26)15-13-20(28-2)22(30-4)21(14-15)29-3/h5-14,24H,1-4H3,(H,25,26). The van der Waals surface area contributed by atoms with Crippen molar-refractivity contribution in [2.75, 3.05) is 39.1 Å². The maximum absolute atomic E-state index is 12.7. The predicted octanol–water partition coefficient (Wildman–Crippen LogP) is 4.72. The number of methoxy groups -OCH3 is 4. The molecule has 0 aliphatic rings. The van der Waals surface area contributed by atoms with Crippen LogP contribution in [0.5, 0.6) is 23.0 Å². The third-order valence-corrected chi connectivity index (χ3v) is 4.45. The summed E-state index contributed by atoms with van der Waals surface area (Å²) in [4.78, 5) is 12.7. The molecule has 0 aliphatic carbocycles. The molecular formula is C23H24N2O5. The monoisotopic (exact) mass is 408 g/mol. The lowest BCUT2D eigenvalue weighted by atomic mass is 10.1. The van der Waals surface area contributed by atoms with E-state index in [-0.39, 0.29) is 5.91 Å². The molecule has 156 valence electrons. The first-order valence-electron chi connectivity index (χ1n) is 9.20. The lowest BCUT2D eigenvalue weighted by Gasteiger charge is -2.14. The van der Waals surface area contributed by atoms with Gasteiger partial charge in [0.2, 0.25) is 5.75 Å². The lowest BCUT2D eigenvalue weighted by Crippen LogP contribution is -2.12. The SMILES string of the molecule is COc1ccc(Nc2ccc(NC(=O)c3cc(OC)c(OC)c(OC)c3)cc2)cc1. The fourth-order valence-corrected chi connectivity index (χ4v) is 2.89. The molecule has 0 atom stereocenters. The summed E-state index contributed by atoms with van der Waals surface area (Å²) in [6.07, 6.45) is 0. The highest BCUT2D eigenvalue weighted by Crippen LogP contribution is 2.38. The summed E-state index contributed by atoms with van der Waals surface area (Å²) in [5.41, 5.74) is 2.88. The summed E-state index contributed by atoms with van der Waals surface area (Å²) in [7, 11) is 6.16. The topological polar surface area (TPSA) is 78.1 Å². The first-order chi connectivity index (χ1) is 14.6. The van der Waals surface area contributed by atoms with E-state index in [0.29, 0.717) is 28.5 Å². The Hall–Kier alpha value is -3.87. The number of carbonyl (C=O) groups is 1. The van der Waals surface area contributed by atoms with E-state index >= 15 is 0 Å². The summed E-state index contributed by atoms with van der Waals surface area (Å²) in [5.74, 6) is 1.78. The van der Waals surface area contributed by atoms with Crippen LogP contribution in [0.4, 0.5) is 17.1 Å². The van der Waals surface area contributed by atoms with E-state index in [4.69, 9.17) is 18.9 Å². The van der Waals surface area contributed by atoms with E-state index in [1.165, 1.54) is 21.3 Å². The molecule has 0 radical (unpaired) electrons.